The SMILES string of the molecule is Cc1ccc(N(CC(=O)NCCn2cncn2)S(C)(=O)=O)cc1. The lowest BCUT2D eigenvalue weighted by Crippen LogP contribution is -2.41. The van der Waals surface area contributed by atoms with Crippen molar-refractivity contribution in [1.29, 1.82) is 0 Å². The molecular formula is C14H19N5O3S. The number of nitrogens with zero attached hydrogens (tertiary/aromatic N) is 4. The van der Waals surface area contributed by atoms with E-state index in [0.29, 0.717) is 18.8 Å². The van der Waals surface area contributed by atoms with Crippen LogP contribution in [0.25, 0.3) is 0 Å². The summed E-state index contributed by atoms with van der Waals surface area (Å²) < 4.78 is 26.5. The molecule has 1 aromatic heterocycles. The molecule has 0 fully saturated rings. The molecule has 9 heteroatoms. The van der Waals surface area contributed by atoms with Crippen molar-refractivity contribution < 1.29 is 13.2 Å². The third kappa shape index (κ3) is 5.06. The summed E-state index contributed by atoms with van der Waals surface area (Å²) in [5, 5.41) is 6.59. The van der Waals surface area contributed by atoms with Crippen molar-refractivity contribution in [3.63, 3.8) is 0 Å². The van der Waals surface area contributed by atoms with Crippen LogP contribution in [0.1, 0.15) is 5.56 Å². The van der Waals surface area contributed by atoms with Gasteiger partial charge in [0.2, 0.25) is 15.9 Å². The average Bonchev–Trinajstić information content (AvgIpc) is 2.98. The Labute approximate surface area is 135 Å². The summed E-state index contributed by atoms with van der Waals surface area (Å²) in [5.41, 5.74) is 1.48. The number of hydrogen-bond donors (Lipinski definition) is 1. The van der Waals surface area contributed by atoms with Gasteiger partial charge in [-0.05, 0) is 19.1 Å². The molecule has 0 bridgehead atoms. The standard InChI is InChI=1S/C14H19N5O3S/c1-12-3-5-13(6-4-12)19(23(2,21)22)9-14(20)16-7-8-18-11-15-10-17-18/h3-6,10-11H,7-9H2,1-2H3,(H,16,20). The highest BCUT2D eigenvalue weighted by Crippen LogP contribution is 2.17. The molecule has 23 heavy (non-hydrogen) atoms. The van der Waals surface area contributed by atoms with Crippen LogP contribution in [0.15, 0.2) is 36.9 Å². The zero-order chi connectivity index (χ0) is 16.9. The van der Waals surface area contributed by atoms with Crippen LogP contribution >= 0.6 is 0 Å². The van der Waals surface area contributed by atoms with E-state index < -0.39 is 10.0 Å². The molecule has 2 rings (SSSR count). The maximum atomic E-state index is 12.0. The van der Waals surface area contributed by atoms with Gasteiger partial charge in [0.25, 0.3) is 0 Å². The van der Waals surface area contributed by atoms with Gasteiger partial charge in [-0.25, -0.2) is 13.4 Å². The highest BCUT2D eigenvalue weighted by Gasteiger charge is 2.20. The van der Waals surface area contributed by atoms with Crippen molar-refractivity contribution in [2.24, 2.45) is 0 Å². The van der Waals surface area contributed by atoms with Crippen LogP contribution in [-0.2, 0) is 21.4 Å². The van der Waals surface area contributed by atoms with Crippen LogP contribution in [-0.4, -0.2) is 48.4 Å². The van der Waals surface area contributed by atoms with Crippen LogP contribution in [0.4, 0.5) is 5.69 Å². The molecule has 0 saturated heterocycles. The minimum atomic E-state index is -3.55. The molecule has 1 heterocycles. The van der Waals surface area contributed by atoms with Gasteiger partial charge in [0.1, 0.15) is 19.2 Å². The van der Waals surface area contributed by atoms with Gasteiger partial charge in [0, 0.05) is 6.54 Å². The van der Waals surface area contributed by atoms with Gasteiger partial charge in [-0.3, -0.25) is 13.8 Å². The van der Waals surface area contributed by atoms with Crippen molar-refractivity contribution in [2.45, 2.75) is 13.5 Å². The van der Waals surface area contributed by atoms with E-state index in [1.165, 1.54) is 6.33 Å². The fourth-order valence-corrected chi connectivity index (χ4v) is 2.81. The average molecular weight is 337 g/mol. The van der Waals surface area contributed by atoms with E-state index in [-0.39, 0.29) is 12.5 Å². The van der Waals surface area contributed by atoms with Crippen LogP contribution in [0, 0.1) is 6.92 Å². The number of carbonyl (C=O) groups excluding carboxylic acids is 1. The first-order valence-corrected chi connectivity index (χ1v) is 8.84. The number of aryl methyl sites for hydroxylation is 1. The monoisotopic (exact) mass is 337 g/mol. The van der Waals surface area contributed by atoms with E-state index in [0.717, 1.165) is 16.1 Å². The Morgan fingerprint density at radius 2 is 2.00 bits per heavy atom. The lowest BCUT2D eigenvalue weighted by atomic mass is 10.2. The number of sulfonamides is 1. The Morgan fingerprint density at radius 1 is 1.30 bits per heavy atom. The van der Waals surface area contributed by atoms with Gasteiger partial charge < -0.3 is 5.32 Å². The summed E-state index contributed by atoms with van der Waals surface area (Å²) in [5.74, 6) is -0.379. The number of anilines is 1. The molecule has 0 saturated carbocycles. The topological polar surface area (TPSA) is 97.2 Å². The minimum Gasteiger partial charge on any atom is -0.353 e. The van der Waals surface area contributed by atoms with Crippen molar-refractivity contribution in [1.82, 2.24) is 20.1 Å². The zero-order valence-electron chi connectivity index (χ0n) is 13.0. The van der Waals surface area contributed by atoms with E-state index in [1.54, 1.807) is 35.3 Å². The van der Waals surface area contributed by atoms with Crippen LogP contribution in [0.3, 0.4) is 0 Å². The van der Waals surface area contributed by atoms with Crippen molar-refractivity contribution in [2.75, 3.05) is 23.7 Å². The van der Waals surface area contributed by atoms with E-state index in [4.69, 9.17) is 0 Å². The van der Waals surface area contributed by atoms with E-state index in [2.05, 4.69) is 15.4 Å². The molecule has 8 nitrogen and oxygen atoms in total. The number of aromatic nitrogens is 3. The fourth-order valence-electron chi connectivity index (χ4n) is 1.96. The summed E-state index contributed by atoms with van der Waals surface area (Å²) in [6.07, 6.45) is 4.03. The van der Waals surface area contributed by atoms with Gasteiger partial charge in [-0.2, -0.15) is 5.10 Å². The molecule has 1 amide bonds. The van der Waals surface area contributed by atoms with Crippen LogP contribution in [0.2, 0.25) is 0 Å². The highest BCUT2D eigenvalue weighted by atomic mass is 32.2. The molecule has 0 aliphatic heterocycles. The third-order valence-electron chi connectivity index (χ3n) is 3.14. The quantitative estimate of drug-likeness (QED) is 0.777. The maximum Gasteiger partial charge on any atom is 0.240 e. The summed E-state index contributed by atoms with van der Waals surface area (Å²) >= 11 is 0. The highest BCUT2D eigenvalue weighted by molar-refractivity contribution is 7.92. The van der Waals surface area contributed by atoms with Gasteiger partial charge in [-0.1, -0.05) is 17.7 Å². The molecule has 1 N–H and O–H groups in total. The van der Waals surface area contributed by atoms with Gasteiger partial charge in [0.05, 0.1) is 18.5 Å². The second-order valence-corrected chi connectivity index (χ2v) is 7.02. The molecule has 124 valence electrons. The third-order valence-corrected chi connectivity index (χ3v) is 4.28. The number of amides is 1. The molecule has 0 aliphatic rings. The van der Waals surface area contributed by atoms with Gasteiger partial charge >= 0.3 is 0 Å². The predicted octanol–water partition coefficient (Wildman–Crippen LogP) is 0.169. The number of hydrogen-bond acceptors (Lipinski definition) is 5. The Morgan fingerprint density at radius 3 is 2.57 bits per heavy atom. The zero-order valence-corrected chi connectivity index (χ0v) is 13.8. The first kappa shape index (κ1) is 16.9. The number of rotatable bonds is 7. The molecule has 0 spiro atoms. The second-order valence-electron chi connectivity index (χ2n) is 5.11. The van der Waals surface area contributed by atoms with Crippen molar-refractivity contribution in [3.8, 4) is 0 Å². The van der Waals surface area contributed by atoms with Crippen LogP contribution < -0.4 is 9.62 Å². The largest absolute Gasteiger partial charge is 0.353 e. The van der Waals surface area contributed by atoms with Gasteiger partial charge in [0.15, 0.2) is 0 Å². The Hall–Kier alpha value is -2.42. The number of carbonyl (C=O) groups is 1. The summed E-state index contributed by atoms with van der Waals surface area (Å²) in [4.78, 5) is 15.8. The normalized spacial score (nSPS) is 11.2. The second kappa shape index (κ2) is 7.23. The first-order chi connectivity index (χ1) is 10.9. The first-order valence-electron chi connectivity index (χ1n) is 7.00. The fraction of sp³-hybridized carbons (Fsp3) is 0.357. The molecule has 0 aliphatic carbocycles. The lowest BCUT2D eigenvalue weighted by molar-refractivity contribution is -0.119. The maximum absolute atomic E-state index is 12.0. The summed E-state index contributed by atoms with van der Waals surface area (Å²) in [6, 6.07) is 6.96. The number of nitrogens with one attached hydrogen (secondary N) is 1. The van der Waals surface area contributed by atoms with E-state index >= 15 is 0 Å². The summed E-state index contributed by atoms with van der Waals surface area (Å²) in [7, 11) is -3.55. The Kier molecular flexibility index (Phi) is 5.32. The number of benzene rings is 1. The predicted molar refractivity (Wildman–Crippen MR) is 86.4 cm³/mol. The molecule has 0 unspecified atom stereocenters. The Bertz CT molecular complexity index is 741. The van der Waals surface area contributed by atoms with E-state index in [9.17, 15) is 13.2 Å². The van der Waals surface area contributed by atoms with Crippen molar-refractivity contribution >= 4 is 21.6 Å². The molecule has 0 radical (unpaired) electrons. The summed E-state index contributed by atoms with van der Waals surface area (Å²) in [6.45, 7) is 2.45. The van der Waals surface area contributed by atoms with Crippen molar-refractivity contribution in [3.05, 3.63) is 42.5 Å². The minimum absolute atomic E-state index is 0.265. The molecule has 1 aromatic carbocycles. The molecule has 2 aromatic rings. The van der Waals surface area contributed by atoms with Crippen LogP contribution in [0.5, 0.6) is 0 Å². The molecular weight excluding hydrogens is 318 g/mol. The lowest BCUT2D eigenvalue weighted by Gasteiger charge is -2.22. The molecule has 0 atom stereocenters. The van der Waals surface area contributed by atoms with E-state index in [1.807, 2.05) is 6.92 Å². The smallest absolute Gasteiger partial charge is 0.240 e. The Balaban J connectivity index is 1.97. The van der Waals surface area contributed by atoms with Gasteiger partial charge in [-0.15, -0.1) is 0 Å².